The fraction of sp³-hybridized carbons (Fsp3) is 0.300. The molecule has 0 bridgehead atoms. The molecule has 2 aromatic rings. The lowest BCUT2D eigenvalue weighted by Crippen LogP contribution is -2.10. The van der Waals surface area contributed by atoms with Crippen molar-refractivity contribution in [1.29, 1.82) is 0 Å². The molecule has 0 amide bonds. The molecule has 0 aliphatic carbocycles. The number of hydrogen-bond acceptors (Lipinski definition) is 6. The van der Waals surface area contributed by atoms with Gasteiger partial charge in [-0.15, -0.1) is 11.3 Å². The van der Waals surface area contributed by atoms with Gasteiger partial charge < -0.3 is 10.5 Å². The Labute approximate surface area is 108 Å². The Morgan fingerprint density at radius 1 is 1.35 bits per heavy atom. The van der Waals surface area contributed by atoms with Gasteiger partial charge in [0.1, 0.15) is 0 Å². The Morgan fingerprint density at radius 2 is 2.12 bits per heavy atom. The summed E-state index contributed by atoms with van der Waals surface area (Å²) in [7, 11) is 0. The lowest BCUT2D eigenvalue weighted by atomic mass is 10.4. The summed E-state index contributed by atoms with van der Waals surface area (Å²) in [6.45, 7) is 3.77. The Morgan fingerprint density at radius 3 is 2.71 bits per heavy atom. The molecule has 0 aliphatic heterocycles. The molecule has 17 heavy (non-hydrogen) atoms. The molecule has 7 heteroatoms. The van der Waals surface area contributed by atoms with E-state index in [1.54, 1.807) is 6.07 Å². The van der Waals surface area contributed by atoms with Crippen molar-refractivity contribution in [3.8, 4) is 16.7 Å². The van der Waals surface area contributed by atoms with Crippen LogP contribution in [0.1, 0.15) is 13.8 Å². The molecule has 0 radical (unpaired) electrons. The number of ether oxygens (including phenoxy) is 1. The van der Waals surface area contributed by atoms with Gasteiger partial charge >= 0.3 is 6.01 Å². The highest BCUT2D eigenvalue weighted by molar-refractivity contribution is 7.14. The molecule has 0 spiro atoms. The molecule has 2 heterocycles. The van der Waals surface area contributed by atoms with Crippen molar-refractivity contribution < 1.29 is 4.74 Å². The van der Waals surface area contributed by atoms with Crippen LogP contribution >= 0.6 is 22.9 Å². The summed E-state index contributed by atoms with van der Waals surface area (Å²) < 4.78 is 5.39. The molecule has 0 saturated heterocycles. The highest BCUT2D eigenvalue weighted by atomic mass is 35.5. The number of halogens is 1. The largest absolute Gasteiger partial charge is 0.461 e. The number of hydrogen-bond donors (Lipinski definition) is 1. The monoisotopic (exact) mass is 270 g/mol. The van der Waals surface area contributed by atoms with Gasteiger partial charge in [0.2, 0.25) is 5.95 Å². The first-order valence-electron chi connectivity index (χ1n) is 4.98. The summed E-state index contributed by atoms with van der Waals surface area (Å²) in [6.07, 6.45) is -0.0246. The molecule has 0 fully saturated rings. The second-order valence-electron chi connectivity index (χ2n) is 3.56. The van der Waals surface area contributed by atoms with Crippen LogP contribution in [0, 0.1) is 0 Å². The van der Waals surface area contributed by atoms with Crippen LogP contribution in [0.4, 0.5) is 5.95 Å². The third kappa shape index (κ3) is 2.83. The number of nitrogen functional groups attached to an aromatic ring is 1. The molecule has 0 atom stereocenters. The molecular formula is C10H11ClN4OS. The van der Waals surface area contributed by atoms with Gasteiger partial charge in [0, 0.05) is 0 Å². The third-order valence-electron chi connectivity index (χ3n) is 1.79. The van der Waals surface area contributed by atoms with Crippen LogP contribution in [0.2, 0.25) is 5.02 Å². The van der Waals surface area contributed by atoms with Gasteiger partial charge in [-0.2, -0.15) is 15.0 Å². The van der Waals surface area contributed by atoms with Gasteiger partial charge in [0.05, 0.1) is 16.0 Å². The normalized spacial score (nSPS) is 10.8. The fourth-order valence-electron chi connectivity index (χ4n) is 1.19. The average Bonchev–Trinajstić information content (AvgIpc) is 2.62. The summed E-state index contributed by atoms with van der Waals surface area (Å²) >= 11 is 7.46. The van der Waals surface area contributed by atoms with Crippen molar-refractivity contribution in [2.24, 2.45) is 0 Å². The van der Waals surface area contributed by atoms with Crippen molar-refractivity contribution in [2.45, 2.75) is 20.0 Å². The third-order valence-corrected chi connectivity index (χ3v) is 3.13. The Balaban J connectivity index is 2.42. The van der Waals surface area contributed by atoms with Crippen LogP contribution < -0.4 is 10.5 Å². The highest BCUT2D eigenvalue weighted by Gasteiger charge is 2.12. The van der Waals surface area contributed by atoms with E-state index < -0.39 is 0 Å². The average molecular weight is 271 g/mol. The van der Waals surface area contributed by atoms with Crippen LogP contribution in [-0.2, 0) is 0 Å². The number of aromatic nitrogens is 3. The predicted molar refractivity (Wildman–Crippen MR) is 68.3 cm³/mol. The fourth-order valence-corrected chi connectivity index (χ4v) is 2.26. The Hall–Kier alpha value is -1.40. The van der Waals surface area contributed by atoms with E-state index in [0.29, 0.717) is 10.8 Å². The van der Waals surface area contributed by atoms with Gasteiger partial charge in [-0.1, -0.05) is 11.6 Å². The van der Waals surface area contributed by atoms with Crippen LogP contribution in [0.3, 0.4) is 0 Å². The first-order valence-corrected chi connectivity index (χ1v) is 6.23. The minimum Gasteiger partial charge on any atom is -0.461 e. The first kappa shape index (κ1) is 12.1. The number of nitrogens with zero attached hydrogens (tertiary/aromatic N) is 3. The van der Waals surface area contributed by atoms with E-state index >= 15 is 0 Å². The van der Waals surface area contributed by atoms with E-state index in [-0.39, 0.29) is 18.1 Å². The smallest absolute Gasteiger partial charge is 0.322 e. The number of anilines is 1. The second-order valence-corrected chi connectivity index (χ2v) is 4.89. The quantitative estimate of drug-likeness (QED) is 0.928. The molecule has 2 N–H and O–H groups in total. The summed E-state index contributed by atoms with van der Waals surface area (Å²) in [6, 6.07) is 2.00. The van der Waals surface area contributed by atoms with E-state index in [4.69, 9.17) is 22.1 Å². The zero-order chi connectivity index (χ0) is 12.4. The Kier molecular flexibility index (Phi) is 3.44. The zero-order valence-corrected chi connectivity index (χ0v) is 10.9. The van der Waals surface area contributed by atoms with Crippen molar-refractivity contribution >= 4 is 28.9 Å². The molecule has 2 aromatic heterocycles. The van der Waals surface area contributed by atoms with Crippen molar-refractivity contribution in [3.05, 3.63) is 16.5 Å². The minimum absolute atomic E-state index is 0.0246. The van der Waals surface area contributed by atoms with Gasteiger partial charge in [-0.25, -0.2) is 0 Å². The topological polar surface area (TPSA) is 73.9 Å². The second kappa shape index (κ2) is 4.85. The maximum absolute atomic E-state index is 6.01. The molecule has 0 aromatic carbocycles. The molecule has 90 valence electrons. The molecular weight excluding hydrogens is 260 g/mol. The molecule has 5 nitrogen and oxygen atoms in total. The molecule has 0 unspecified atom stereocenters. The SMILES string of the molecule is CC(C)Oc1nc(N)nc(-c2sccc2Cl)n1. The van der Waals surface area contributed by atoms with E-state index in [1.807, 2.05) is 19.2 Å². The Bertz CT molecular complexity index is 529. The van der Waals surface area contributed by atoms with E-state index in [1.165, 1.54) is 11.3 Å². The van der Waals surface area contributed by atoms with Crippen LogP contribution in [0.15, 0.2) is 11.4 Å². The molecule has 0 saturated carbocycles. The van der Waals surface area contributed by atoms with E-state index in [0.717, 1.165) is 4.88 Å². The molecule has 2 rings (SSSR count). The lowest BCUT2D eigenvalue weighted by molar-refractivity contribution is 0.222. The lowest BCUT2D eigenvalue weighted by Gasteiger charge is -2.08. The molecule has 0 aliphatic rings. The highest BCUT2D eigenvalue weighted by Crippen LogP contribution is 2.31. The van der Waals surface area contributed by atoms with E-state index in [9.17, 15) is 0 Å². The standard InChI is InChI=1S/C10H11ClN4OS/c1-5(2)16-10-14-8(13-9(12)15-10)7-6(11)3-4-17-7/h3-5H,1-2H3,(H2,12,13,14,15). The van der Waals surface area contributed by atoms with Crippen LogP contribution in [-0.4, -0.2) is 21.1 Å². The summed E-state index contributed by atoms with van der Waals surface area (Å²) in [5, 5.41) is 2.46. The number of rotatable bonds is 3. The van der Waals surface area contributed by atoms with Crippen molar-refractivity contribution in [3.63, 3.8) is 0 Å². The van der Waals surface area contributed by atoms with Gasteiger partial charge in [-0.05, 0) is 25.3 Å². The maximum atomic E-state index is 6.01. The predicted octanol–water partition coefficient (Wildman–Crippen LogP) is 2.62. The first-order chi connectivity index (χ1) is 8.06. The van der Waals surface area contributed by atoms with Gasteiger partial charge in [0.15, 0.2) is 5.82 Å². The van der Waals surface area contributed by atoms with Crippen molar-refractivity contribution in [1.82, 2.24) is 15.0 Å². The number of thiophene rings is 1. The van der Waals surface area contributed by atoms with Crippen molar-refractivity contribution in [2.75, 3.05) is 5.73 Å². The van der Waals surface area contributed by atoms with Crippen LogP contribution in [0.5, 0.6) is 6.01 Å². The summed E-state index contributed by atoms with van der Waals surface area (Å²) in [4.78, 5) is 12.9. The number of nitrogens with two attached hydrogens (primary N) is 1. The van der Waals surface area contributed by atoms with Gasteiger partial charge in [0.25, 0.3) is 0 Å². The zero-order valence-electron chi connectivity index (χ0n) is 9.35. The maximum Gasteiger partial charge on any atom is 0.322 e. The minimum atomic E-state index is -0.0246. The van der Waals surface area contributed by atoms with E-state index in [2.05, 4.69) is 15.0 Å². The van der Waals surface area contributed by atoms with Gasteiger partial charge in [-0.3, -0.25) is 0 Å². The summed E-state index contributed by atoms with van der Waals surface area (Å²) in [5.74, 6) is 0.559. The summed E-state index contributed by atoms with van der Waals surface area (Å²) in [5.41, 5.74) is 5.61. The van der Waals surface area contributed by atoms with Crippen LogP contribution in [0.25, 0.3) is 10.7 Å².